The Morgan fingerprint density at radius 1 is 0.538 bits per heavy atom. The Kier molecular flexibility index (Phi) is 4.53. The summed E-state index contributed by atoms with van der Waals surface area (Å²) in [5, 5.41) is 0. The summed E-state index contributed by atoms with van der Waals surface area (Å²) in [4.78, 5) is 0. The van der Waals surface area contributed by atoms with Gasteiger partial charge in [0.05, 0.1) is 0 Å². The molecule has 3 aromatic carbocycles. The van der Waals surface area contributed by atoms with Crippen molar-refractivity contribution < 1.29 is 0 Å². The van der Waals surface area contributed by atoms with E-state index in [-0.39, 0.29) is 0 Å². The van der Waals surface area contributed by atoms with Crippen molar-refractivity contribution in [1.82, 2.24) is 0 Å². The molecule has 0 atom stereocenters. The molecule has 0 heterocycles. The van der Waals surface area contributed by atoms with Gasteiger partial charge >= 0.3 is 0 Å². The van der Waals surface area contributed by atoms with Gasteiger partial charge in [0.1, 0.15) is 0 Å². The number of aryl methyl sites for hydroxylation is 4. The molecule has 26 heavy (non-hydrogen) atoms. The lowest BCUT2D eigenvalue weighted by atomic mass is 9.88. The molecular weight excluding hydrogens is 316 g/mol. The van der Waals surface area contributed by atoms with Crippen LogP contribution in [0.2, 0.25) is 0 Å². The molecule has 0 saturated heterocycles. The lowest BCUT2D eigenvalue weighted by molar-refractivity contribution is 1.31. The molecule has 3 aromatic rings. The average Bonchev–Trinajstić information content (AvgIpc) is 2.58. The Hall–Kier alpha value is -2.74. The summed E-state index contributed by atoms with van der Waals surface area (Å²) in [6.07, 6.45) is 0. The summed E-state index contributed by atoms with van der Waals surface area (Å²) in [6.45, 7) is 12.7. The summed E-state index contributed by atoms with van der Waals surface area (Å²) in [6, 6.07) is 13.0. The van der Waals surface area contributed by atoms with Gasteiger partial charge in [-0.05, 0) is 103 Å². The van der Waals surface area contributed by atoms with Gasteiger partial charge < -0.3 is 11.5 Å². The molecule has 0 radical (unpaired) electrons. The van der Waals surface area contributed by atoms with Crippen LogP contribution in [0.15, 0.2) is 36.4 Å². The van der Waals surface area contributed by atoms with Gasteiger partial charge in [0, 0.05) is 11.4 Å². The normalized spacial score (nSPS) is 11.0. The van der Waals surface area contributed by atoms with E-state index in [1.807, 2.05) is 0 Å². The Labute approximate surface area is 156 Å². The molecule has 0 aromatic heterocycles. The van der Waals surface area contributed by atoms with E-state index in [1.165, 1.54) is 33.4 Å². The number of anilines is 2. The largest absolute Gasteiger partial charge is 0.398 e. The number of benzene rings is 3. The summed E-state index contributed by atoms with van der Waals surface area (Å²) < 4.78 is 0. The van der Waals surface area contributed by atoms with E-state index >= 15 is 0 Å². The Morgan fingerprint density at radius 3 is 1.31 bits per heavy atom. The highest BCUT2D eigenvalue weighted by Crippen LogP contribution is 2.37. The molecule has 134 valence electrons. The van der Waals surface area contributed by atoms with E-state index < -0.39 is 0 Å². The van der Waals surface area contributed by atoms with Gasteiger partial charge in [-0.25, -0.2) is 0 Å². The van der Waals surface area contributed by atoms with Gasteiger partial charge in [0.2, 0.25) is 0 Å². The molecule has 0 spiro atoms. The fourth-order valence-corrected chi connectivity index (χ4v) is 4.12. The summed E-state index contributed by atoms with van der Waals surface area (Å²) in [5.74, 6) is 0. The predicted molar refractivity (Wildman–Crippen MR) is 115 cm³/mol. The van der Waals surface area contributed by atoms with Crippen molar-refractivity contribution in [3.05, 3.63) is 69.8 Å². The average molecular weight is 345 g/mol. The number of nitrogens with two attached hydrogens (primary N) is 2. The van der Waals surface area contributed by atoms with Crippen molar-refractivity contribution in [3.63, 3.8) is 0 Å². The first-order valence-corrected chi connectivity index (χ1v) is 9.05. The second-order valence-electron chi connectivity index (χ2n) is 7.43. The third-order valence-corrected chi connectivity index (χ3v) is 5.50. The van der Waals surface area contributed by atoms with Crippen LogP contribution in [-0.4, -0.2) is 0 Å². The van der Waals surface area contributed by atoms with Crippen molar-refractivity contribution >= 4 is 11.4 Å². The molecule has 0 aliphatic carbocycles. The van der Waals surface area contributed by atoms with Crippen molar-refractivity contribution in [2.24, 2.45) is 0 Å². The molecule has 0 bridgehead atoms. The molecule has 2 heteroatoms. The highest BCUT2D eigenvalue weighted by molar-refractivity contribution is 5.83. The minimum absolute atomic E-state index is 0.878. The third-order valence-electron chi connectivity index (χ3n) is 5.50. The zero-order chi connectivity index (χ0) is 19.2. The zero-order valence-corrected chi connectivity index (χ0v) is 16.6. The molecule has 0 unspecified atom stereocenters. The summed E-state index contributed by atoms with van der Waals surface area (Å²) in [7, 11) is 0. The van der Waals surface area contributed by atoms with Crippen LogP contribution >= 0.6 is 0 Å². The third kappa shape index (κ3) is 2.86. The van der Waals surface area contributed by atoms with Crippen molar-refractivity contribution in [3.8, 4) is 22.3 Å². The lowest BCUT2D eigenvalue weighted by Gasteiger charge is -2.18. The SMILES string of the molecule is Cc1cc(C)c(-c2cccc(-c3c(C)cc(C)c(N)c3C)c2)c(C)c1N. The number of hydrogen-bond acceptors (Lipinski definition) is 2. The van der Waals surface area contributed by atoms with Gasteiger partial charge in [-0.3, -0.25) is 0 Å². The smallest absolute Gasteiger partial charge is 0.0379 e. The first kappa shape index (κ1) is 18.1. The van der Waals surface area contributed by atoms with Crippen LogP contribution < -0.4 is 11.5 Å². The van der Waals surface area contributed by atoms with E-state index in [1.54, 1.807) is 0 Å². The van der Waals surface area contributed by atoms with Crippen LogP contribution in [0, 0.1) is 41.5 Å². The van der Waals surface area contributed by atoms with Crippen LogP contribution in [0.3, 0.4) is 0 Å². The number of hydrogen-bond donors (Lipinski definition) is 2. The molecule has 0 fully saturated rings. The van der Waals surface area contributed by atoms with E-state index in [4.69, 9.17) is 11.5 Å². The quantitative estimate of drug-likeness (QED) is 0.557. The van der Waals surface area contributed by atoms with Gasteiger partial charge in [-0.1, -0.05) is 30.3 Å². The predicted octanol–water partition coefficient (Wildman–Crippen LogP) is 6.04. The maximum atomic E-state index is 6.31. The number of nitrogen functional groups attached to an aromatic ring is 2. The van der Waals surface area contributed by atoms with Crippen molar-refractivity contribution in [2.75, 3.05) is 11.5 Å². The van der Waals surface area contributed by atoms with Gasteiger partial charge in [-0.2, -0.15) is 0 Å². The number of rotatable bonds is 2. The topological polar surface area (TPSA) is 52.0 Å². The van der Waals surface area contributed by atoms with Crippen LogP contribution in [0.1, 0.15) is 33.4 Å². The standard InChI is InChI=1S/C24H28N2/c1-13-10-15(3)23(25)17(5)21(13)19-8-7-9-20(12-19)22-14(2)11-16(4)24(26)18(22)6/h7-12H,25-26H2,1-6H3. The monoisotopic (exact) mass is 344 g/mol. The second-order valence-corrected chi connectivity index (χ2v) is 7.43. The summed E-state index contributed by atoms with van der Waals surface area (Å²) in [5.41, 5.74) is 26.3. The molecular formula is C24H28N2. The maximum absolute atomic E-state index is 6.31. The van der Waals surface area contributed by atoms with Gasteiger partial charge in [-0.15, -0.1) is 0 Å². The van der Waals surface area contributed by atoms with E-state index in [0.29, 0.717) is 0 Å². The van der Waals surface area contributed by atoms with E-state index in [9.17, 15) is 0 Å². The molecule has 0 amide bonds. The first-order chi connectivity index (χ1) is 12.2. The minimum Gasteiger partial charge on any atom is -0.398 e. The first-order valence-electron chi connectivity index (χ1n) is 9.05. The fraction of sp³-hybridized carbons (Fsp3) is 0.250. The van der Waals surface area contributed by atoms with E-state index in [0.717, 1.165) is 33.6 Å². The Balaban J connectivity index is 2.24. The van der Waals surface area contributed by atoms with Crippen molar-refractivity contribution in [1.29, 1.82) is 0 Å². The van der Waals surface area contributed by atoms with Crippen LogP contribution in [0.4, 0.5) is 11.4 Å². The van der Waals surface area contributed by atoms with Gasteiger partial charge in [0.25, 0.3) is 0 Å². The van der Waals surface area contributed by atoms with Crippen molar-refractivity contribution in [2.45, 2.75) is 41.5 Å². The zero-order valence-electron chi connectivity index (χ0n) is 16.6. The lowest BCUT2D eigenvalue weighted by Crippen LogP contribution is -2.00. The Morgan fingerprint density at radius 2 is 0.923 bits per heavy atom. The van der Waals surface area contributed by atoms with Crippen LogP contribution in [0.25, 0.3) is 22.3 Å². The maximum Gasteiger partial charge on any atom is 0.0379 e. The Bertz CT molecular complexity index is 935. The van der Waals surface area contributed by atoms with Crippen LogP contribution in [-0.2, 0) is 0 Å². The fourth-order valence-electron chi connectivity index (χ4n) is 4.12. The molecule has 0 aliphatic rings. The summed E-state index contributed by atoms with van der Waals surface area (Å²) >= 11 is 0. The molecule has 3 rings (SSSR count). The molecule has 0 aliphatic heterocycles. The van der Waals surface area contributed by atoms with Crippen LogP contribution in [0.5, 0.6) is 0 Å². The molecule has 2 nitrogen and oxygen atoms in total. The highest BCUT2D eigenvalue weighted by Gasteiger charge is 2.14. The van der Waals surface area contributed by atoms with Gasteiger partial charge in [0.15, 0.2) is 0 Å². The highest BCUT2D eigenvalue weighted by atomic mass is 14.6. The second kappa shape index (κ2) is 6.53. The molecule has 0 saturated carbocycles. The minimum atomic E-state index is 0.878. The molecule has 4 N–H and O–H groups in total. The van der Waals surface area contributed by atoms with E-state index in [2.05, 4.69) is 77.9 Å².